The van der Waals surface area contributed by atoms with Crippen LogP contribution in [0.3, 0.4) is 0 Å². The Morgan fingerprint density at radius 2 is 1.58 bits per heavy atom. The van der Waals surface area contributed by atoms with Crippen LogP contribution in [0.15, 0.2) is 36.4 Å². The Morgan fingerprint density at radius 3 is 2.11 bits per heavy atom. The second-order valence-corrected chi connectivity index (χ2v) is 5.15. The summed E-state index contributed by atoms with van der Waals surface area (Å²) < 4.78 is 27.2. The lowest BCUT2D eigenvalue weighted by Gasteiger charge is -2.28. The van der Waals surface area contributed by atoms with E-state index in [-0.39, 0.29) is 11.6 Å². The van der Waals surface area contributed by atoms with Crippen LogP contribution in [0.5, 0.6) is 0 Å². The fourth-order valence-corrected chi connectivity index (χ4v) is 2.51. The van der Waals surface area contributed by atoms with Crippen LogP contribution in [0.4, 0.5) is 8.78 Å². The molecular weight excluding hydrogens is 244 g/mol. The number of hydrogen-bond donors (Lipinski definition) is 1. The van der Waals surface area contributed by atoms with Crippen molar-refractivity contribution in [3.8, 4) is 0 Å². The van der Waals surface area contributed by atoms with E-state index >= 15 is 0 Å². The normalized spacial score (nSPS) is 14.2. The summed E-state index contributed by atoms with van der Waals surface area (Å²) in [4.78, 5) is 0. The summed E-state index contributed by atoms with van der Waals surface area (Å²) in [5.41, 5.74) is 8.09. The van der Waals surface area contributed by atoms with E-state index in [0.29, 0.717) is 11.1 Å². The van der Waals surface area contributed by atoms with Crippen LogP contribution < -0.4 is 5.73 Å². The first kappa shape index (κ1) is 13.7. The highest BCUT2D eigenvalue weighted by molar-refractivity contribution is 5.43. The molecule has 2 aromatic rings. The third-order valence-electron chi connectivity index (χ3n) is 3.39. The minimum Gasteiger partial charge on any atom is -0.318 e. The Hall–Kier alpha value is -1.74. The van der Waals surface area contributed by atoms with Crippen LogP contribution in [-0.4, -0.2) is 0 Å². The lowest BCUT2D eigenvalue weighted by atomic mass is 9.82. The van der Waals surface area contributed by atoms with Crippen molar-refractivity contribution in [1.82, 2.24) is 0 Å². The zero-order valence-electron chi connectivity index (χ0n) is 11.3. The number of rotatable bonds is 2. The molecule has 0 saturated carbocycles. The number of nitrogens with two attached hydrogens (primary N) is 1. The van der Waals surface area contributed by atoms with E-state index in [9.17, 15) is 8.78 Å². The quantitative estimate of drug-likeness (QED) is 0.874. The molecule has 2 aromatic carbocycles. The highest BCUT2D eigenvalue weighted by atomic mass is 19.1. The van der Waals surface area contributed by atoms with Gasteiger partial charge in [-0.15, -0.1) is 0 Å². The summed E-state index contributed by atoms with van der Waals surface area (Å²) in [6.07, 6.45) is 0. The summed E-state index contributed by atoms with van der Waals surface area (Å²) in [5.74, 6) is -0.660. The zero-order chi connectivity index (χ0) is 14.2. The molecule has 1 unspecified atom stereocenters. The van der Waals surface area contributed by atoms with Crippen LogP contribution in [0.2, 0.25) is 0 Å². The average molecular weight is 261 g/mol. The lowest BCUT2D eigenvalue weighted by molar-refractivity contribution is 0.525. The van der Waals surface area contributed by atoms with Gasteiger partial charge < -0.3 is 5.73 Å². The molecule has 0 saturated heterocycles. The summed E-state index contributed by atoms with van der Waals surface area (Å²) >= 11 is 0. The van der Waals surface area contributed by atoms with Gasteiger partial charge in [-0.25, -0.2) is 8.78 Å². The molecule has 0 aliphatic carbocycles. The Labute approximate surface area is 112 Å². The molecule has 0 aromatic heterocycles. The van der Waals surface area contributed by atoms with Crippen LogP contribution in [0.1, 0.15) is 29.2 Å². The summed E-state index contributed by atoms with van der Waals surface area (Å²) in [7, 11) is 0. The third kappa shape index (κ3) is 2.51. The Kier molecular flexibility index (Phi) is 3.42. The van der Waals surface area contributed by atoms with Gasteiger partial charge in [-0.3, -0.25) is 0 Å². The maximum Gasteiger partial charge on any atom is 0.129 e. The Bertz CT molecular complexity index is 578. The summed E-state index contributed by atoms with van der Waals surface area (Å²) in [5, 5.41) is 0. The van der Waals surface area contributed by atoms with Crippen molar-refractivity contribution in [3.05, 3.63) is 70.3 Å². The topological polar surface area (TPSA) is 26.0 Å². The predicted molar refractivity (Wildman–Crippen MR) is 72.9 cm³/mol. The molecule has 0 bridgehead atoms. The van der Waals surface area contributed by atoms with Crippen molar-refractivity contribution < 1.29 is 8.78 Å². The van der Waals surface area contributed by atoms with Crippen molar-refractivity contribution in [2.75, 3.05) is 0 Å². The number of benzene rings is 2. The number of halogens is 2. The van der Waals surface area contributed by atoms with E-state index in [1.165, 1.54) is 18.2 Å². The van der Waals surface area contributed by atoms with Crippen molar-refractivity contribution in [1.29, 1.82) is 0 Å². The van der Waals surface area contributed by atoms with E-state index in [4.69, 9.17) is 5.73 Å². The fraction of sp³-hybridized carbons (Fsp3) is 0.250. The van der Waals surface area contributed by atoms with E-state index in [0.717, 1.165) is 11.1 Å². The molecule has 0 amide bonds. The van der Waals surface area contributed by atoms with Crippen LogP contribution in [-0.2, 0) is 5.54 Å². The maximum absolute atomic E-state index is 14.2. The van der Waals surface area contributed by atoms with Gasteiger partial charge in [-0.2, -0.15) is 0 Å². The molecule has 0 aliphatic heterocycles. The third-order valence-corrected chi connectivity index (χ3v) is 3.39. The Morgan fingerprint density at radius 1 is 1.00 bits per heavy atom. The first-order valence-electron chi connectivity index (χ1n) is 6.14. The van der Waals surface area contributed by atoms with Crippen LogP contribution in [0, 0.1) is 25.5 Å². The molecule has 0 heterocycles. The monoisotopic (exact) mass is 261 g/mol. The van der Waals surface area contributed by atoms with Crippen molar-refractivity contribution in [2.24, 2.45) is 5.73 Å². The second-order valence-electron chi connectivity index (χ2n) is 5.15. The van der Waals surface area contributed by atoms with Crippen molar-refractivity contribution in [3.63, 3.8) is 0 Å². The first-order valence-corrected chi connectivity index (χ1v) is 6.14. The van der Waals surface area contributed by atoms with Gasteiger partial charge in [0.1, 0.15) is 11.6 Å². The van der Waals surface area contributed by atoms with E-state index in [2.05, 4.69) is 0 Å². The van der Waals surface area contributed by atoms with E-state index < -0.39 is 5.54 Å². The molecule has 1 nitrogen and oxygen atoms in total. The number of aryl methyl sites for hydroxylation is 2. The van der Waals surface area contributed by atoms with E-state index in [1.54, 1.807) is 19.1 Å². The predicted octanol–water partition coefficient (Wildman–Crippen LogP) is 3.80. The number of hydrogen-bond acceptors (Lipinski definition) is 1. The standard InChI is InChI=1S/C16H17F2N/c1-10-8-11(2)15(14(18)9-10)16(3,19)12-4-6-13(17)7-5-12/h4-9H,19H2,1-3H3. The Balaban J connectivity index is 2.59. The molecule has 0 aliphatic rings. The molecular formula is C16H17F2N. The highest BCUT2D eigenvalue weighted by Gasteiger charge is 2.28. The van der Waals surface area contributed by atoms with Crippen LogP contribution >= 0.6 is 0 Å². The maximum atomic E-state index is 14.2. The average Bonchev–Trinajstić information content (AvgIpc) is 2.27. The van der Waals surface area contributed by atoms with Gasteiger partial charge in [-0.1, -0.05) is 18.2 Å². The zero-order valence-corrected chi connectivity index (χ0v) is 11.3. The fourth-order valence-electron chi connectivity index (χ4n) is 2.51. The second kappa shape index (κ2) is 4.74. The van der Waals surface area contributed by atoms with Gasteiger partial charge in [-0.05, 0) is 55.7 Å². The summed E-state index contributed by atoms with van der Waals surface area (Å²) in [6.45, 7) is 5.41. The smallest absolute Gasteiger partial charge is 0.129 e. The molecule has 0 fully saturated rings. The molecule has 2 N–H and O–H groups in total. The molecule has 100 valence electrons. The minimum absolute atomic E-state index is 0.327. The molecule has 19 heavy (non-hydrogen) atoms. The van der Waals surface area contributed by atoms with Gasteiger partial charge in [0.2, 0.25) is 0 Å². The van der Waals surface area contributed by atoms with Gasteiger partial charge in [0, 0.05) is 5.56 Å². The first-order chi connectivity index (χ1) is 8.82. The van der Waals surface area contributed by atoms with Gasteiger partial charge in [0.15, 0.2) is 0 Å². The van der Waals surface area contributed by atoms with Gasteiger partial charge in [0.05, 0.1) is 5.54 Å². The minimum atomic E-state index is -0.991. The molecule has 0 spiro atoms. The molecule has 3 heteroatoms. The van der Waals surface area contributed by atoms with Gasteiger partial charge >= 0.3 is 0 Å². The molecule has 2 rings (SSSR count). The lowest BCUT2D eigenvalue weighted by Crippen LogP contribution is -2.36. The highest BCUT2D eigenvalue weighted by Crippen LogP contribution is 2.31. The van der Waals surface area contributed by atoms with E-state index in [1.807, 2.05) is 19.9 Å². The molecule has 0 radical (unpaired) electrons. The largest absolute Gasteiger partial charge is 0.318 e. The SMILES string of the molecule is Cc1cc(C)c(C(C)(N)c2ccc(F)cc2)c(F)c1. The van der Waals surface area contributed by atoms with Crippen LogP contribution in [0.25, 0.3) is 0 Å². The molecule has 1 atom stereocenters. The van der Waals surface area contributed by atoms with Crippen molar-refractivity contribution in [2.45, 2.75) is 26.3 Å². The summed E-state index contributed by atoms with van der Waals surface area (Å²) in [6, 6.07) is 9.22. The van der Waals surface area contributed by atoms with Crippen molar-refractivity contribution >= 4 is 0 Å². The van der Waals surface area contributed by atoms with Gasteiger partial charge in [0.25, 0.3) is 0 Å².